The lowest BCUT2D eigenvalue weighted by Gasteiger charge is -2.35. The van der Waals surface area contributed by atoms with E-state index in [1.807, 2.05) is 24.1 Å². The number of piperazine rings is 1. The van der Waals surface area contributed by atoms with E-state index in [1.54, 1.807) is 29.5 Å². The molecule has 1 fully saturated rings. The molecule has 4 rings (SSSR count). The molecule has 1 saturated heterocycles. The summed E-state index contributed by atoms with van der Waals surface area (Å²) in [7, 11) is 1.81. The fraction of sp³-hybridized carbons (Fsp3) is 0.312. The van der Waals surface area contributed by atoms with Crippen LogP contribution in [-0.2, 0) is 7.05 Å². The van der Waals surface area contributed by atoms with Crippen molar-refractivity contribution in [1.29, 1.82) is 0 Å². The zero-order chi connectivity index (χ0) is 15.8. The number of rotatable bonds is 2. The Labute approximate surface area is 133 Å². The fourth-order valence-corrected chi connectivity index (χ4v) is 2.97. The largest absolute Gasteiger partial charge is 0.464 e. The third-order valence-electron chi connectivity index (χ3n) is 4.18. The molecule has 0 bridgehead atoms. The van der Waals surface area contributed by atoms with Crippen LogP contribution in [-0.4, -0.2) is 51.8 Å². The van der Waals surface area contributed by atoms with Crippen molar-refractivity contribution in [3.8, 4) is 0 Å². The quantitative estimate of drug-likeness (QED) is 0.718. The SMILES string of the molecule is Cn1cc(C(=O)N2CCN(c3nccc4occc34)CC2)cn1. The van der Waals surface area contributed by atoms with Gasteiger partial charge in [0.25, 0.3) is 5.91 Å². The summed E-state index contributed by atoms with van der Waals surface area (Å²) in [6.45, 7) is 2.85. The van der Waals surface area contributed by atoms with Gasteiger partial charge in [0.2, 0.25) is 0 Å². The molecule has 0 saturated carbocycles. The molecular formula is C16H17N5O2. The number of anilines is 1. The van der Waals surface area contributed by atoms with E-state index in [4.69, 9.17) is 4.42 Å². The highest BCUT2D eigenvalue weighted by Gasteiger charge is 2.24. The number of fused-ring (bicyclic) bond motifs is 1. The molecule has 23 heavy (non-hydrogen) atoms. The summed E-state index contributed by atoms with van der Waals surface area (Å²) in [5.41, 5.74) is 1.47. The van der Waals surface area contributed by atoms with Gasteiger partial charge in [-0.25, -0.2) is 4.98 Å². The molecule has 0 aromatic carbocycles. The Hall–Kier alpha value is -2.83. The van der Waals surface area contributed by atoms with E-state index in [0.29, 0.717) is 18.7 Å². The summed E-state index contributed by atoms with van der Waals surface area (Å²) >= 11 is 0. The predicted molar refractivity (Wildman–Crippen MR) is 85.3 cm³/mol. The average molecular weight is 311 g/mol. The molecule has 118 valence electrons. The second-order valence-corrected chi connectivity index (χ2v) is 5.65. The first kappa shape index (κ1) is 13.8. The van der Waals surface area contributed by atoms with Crippen LogP contribution in [0.5, 0.6) is 0 Å². The minimum Gasteiger partial charge on any atom is -0.464 e. The fourth-order valence-electron chi connectivity index (χ4n) is 2.97. The first-order valence-electron chi connectivity index (χ1n) is 7.57. The van der Waals surface area contributed by atoms with Crippen molar-refractivity contribution in [3.63, 3.8) is 0 Å². The van der Waals surface area contributed by atoms with Gasteiger partial charge in [0.1, 0.15) is 11.4 Å². The van der Waals surface area contributed by atoms with E-state index in [-0.39, 0.29) is 5.91 Å². The van der Waals surface area contributed by atoms with Crippen molar-refractivity contribution in [2.24, 2.45) is 7.05 Å². The predicted octanol–water partition coefficient (Wildman–Crippen LogP) is 1.52. The van der Waals surface area contributed by atoms with Gasteiger partial charge in [-0.3, -0.25) is 9.48 Å². The lowest BCUT2D eigenvalue weighted by atomic mass is 10.2. The number of pyridine rings is 1. The molecule has 4 heterocycles. The molecule has 1 aliphatic heterocycles. The number of carbonyl (C=O) groups is 1. The minimum atomic E-state index is 0.0345. The van der Waals surface area contributed by atoms with Gasteiger partial charge in [-0.2, -0.15) is 5.10 Å². The van der Waals surface area contributed by atoms with Crippen LogP contribution >= 0.6 is 0 Å². The van der Waals surface area contributed by atoms with E-state index in [9.17, 15) is 4.79 Å². The lowest BCUT2D eigenvalue weighted by Crippen LogP contribution is -2.49. The van der Waals surface area contributed by atoms with Gasteiger partial charge in [-0.1, -0.05) is 0 Å². The number of carbonyl (C=O) groups excluding carboxylic acids is 1. The molecule has 0 aliphatic carbocycles. The van der Waals surface area contributed by atoms with Crippen molar-refractivity contribution < 1.29 is 9.21 Å². The Morgan fingerprint density at radius 1 is 1.22 bits per heavy atom. The molecule has 1 amide bonds. The molecule has 7 heteroatoms. The number of hydrogen-bond donors (Lipinski definition) is 0. The molecule has 0 radical (unpaired) electrons. The maximum atomic E-state index is 12.5. The van der Waals surface area contributed by atoms with Gasteiger partial charge in [0, 0.05) is 45.6 Å². The molecule has 1 aliphatic rings. The number of aryl methyl sites for hydroxylation is 1. The molecule has 7 nitrogen and oxygen atoms in total. The summed E-state index contributed by atoms with van der Waals surface area (Å²) in [4.78, 5) is 21.0. The van der Waals surface area contributed by atoms with E-state index in [2.05, 4.69) is 15.0 Å². The maximum Gasteiger partial charge on any atom is 0.257 e. The Morgan fingerprint density at radius 3 is 2.78 bits per heavy atom. The summed E-state index contributed by atoms with van der Waals surface area (Å²) in [5, 5.41) is 5.08. The zero-order valence-electron chi connectivity index (χ0n) is 12.8. The Kier molecular flexibility index (Phi) is 3.25. The summed E-state index contributed by atoms with van der Waals surface area (Å²) < 4.78 is 7.07. The van der Waals surface area contributed by atoms with Crippen molar-refractivity contribution in [2.75, 3.05) is 31.1 Å². The minimum absolute atomic E-state index is 0.0345. The first-order valence-corrected chi connectivity index (χ1v) is 7.57. The normalized spacial score (nSPS) is 15.3. The molecule has 0 spiro atoms. The second-order valence-electron chi connectivity index (χ2n) is 5.65. The van der Waals surface area contributed by atoms with Crippen molar-refractivity contribution >= 4 is 22.7 Å². The average Bonchev–Trinajstić information content (AvgIpc) is 3.22. The van der Waals surface area contributed by atoms with Gasteiger partial charge in [-0.05, 0) is 12.1 Å². The molecular weight excluding hydrogens is 294 g/mol. The third-order valence-corrected chi connectivity index (χ3v) is 4.18. The number of aromatic nitrogens is 3. The lowest BCUT2D eigenvalue weighted by molar-refractivity contribution is 0.0746. The molecule has 0 unspecified atom stereocenters. The van der Waals surface area contributed by atoms with Crippen LogP contribution < -0.4 is 4.90 Å². The van der Waals surface area contributed by atoms with Crippen molar-refractivity contribution in [1.82, 2.24) is 19.7 Å². The number of amides is 1. The van der Waals surface area contributed by atoms with E-state index in [1.165, 1.54) is 0 Å². The molecule has 3 aromatic rings. The molecule has 0 N–H and O–H groups in total. The smallest absolute Gasteiger partial charge is 0.257 e. The monoisotopic (exact) mass is 311 g/mol. The molecule has 0 atom stereocenters. The van der Waals surface area contributed by atoms with Gasteiger partial charge >= 0.3 is 0 Å². The van der Waals surface area contributed by atoms with E-state index in [0.717, 1.165) is 29.9 Å². The van der Waals surface area contributed by atoms with Crippen LogP contribution in [0.15, 0.2) is 41.4 Å². The maximum absolute atomic E-state index is 12.5. The number of furan rings is 1. The number of nitrogens with zero attached hydrogens (tertiary/aromatic N) is 5. The van der Waals surface area contributed by atoms with E-state index < -0.39 is 0 Å². The highest BCUT2D eigenvalue weighted by molar-refractivity contribution is 5.94. The Morgan fingerprint density at radius 2 is 2.04 bits per heavy atom. The van der Waals surface area contributed by atoms with Crippen LogP contribution in [0.2, 0.25) is 0 Å². The summed E-state index contributed by atoms with van der Waals surface area (Å²) in [6, 6.07) is 3.80. The highest BCUT2D eigenvalue weighted by Crippen LogP contribution is 2.26. The number of hydrogen-bond acceptors (Lipinski definition) is 5. The summed E-state index contributed by atoms with van der Waals surface area (Å²) in [6.07, 6.45) is 6.80. The first-order chi connectivity index (χ1) is 11.2. The standard InChI is InChI=1S/C16H17N5O2/c1-19-11-12(10-18-19)16(22)21-7-5-20(6-8-21)15-13-3-9-23-14(13)2-4-17-15/h2-4,9-11H,5-8H2,1H3. The van der Waals surface area contributed by atoms with Gasteiger partial charge < -0.3 is 14.2 Å². The second kappa shape index (κ2) is 5.42. The highest BCUT2D eigenvalue weighted by atomic mass is 16.3. The summed E-state index contributed by atoms with van der Waals surface area (Å²) in [5.74, 6) is 0.956. The Balaban J connectivity index is 1.49. The van der Waals surface area contributed by atoms with Crippen LogP contribution in [0.1, 0.15) is 10.4 Å². The van der Waals surface area contributed by atoms with Gasteiger partial charge in [0.15, 0.2) is 0 Å². The van der Waals surface area contributed by atoms with Crippen LogP contribution in [0.3, 0.4) is 0 Å². The Bertz CT molecular complexity index is 845. The topological polar surface area (TPSA) is 67.4 Å². The third kappa shape index (κ3) is 2.44. The van der Waals surface area contributed by atoms with Gasteiger partial charge in [-0.15, -0.1) is 0 Å². The van der Waals surface area contributed by atoms with E-state index >= 15 is 0 Å². The molecule has 3 aromatic heterocycles. The van der Waals surface area contributed by atoms with Gasteiger partial charge in [0.05, 0.1) is 23.4 Å². The van der Waals surface area contributed by atoms with Crippen LogP contribution in [0.25, 0.3) is 11.0 Å². The van der Waals surface area contributed by atoms with Crippen molar-refractivity contribution in [2.45, 2.75) is 0 Å². The van der Waals surface area contributed by atoms with Crippen molar-refractivity contribution in [3.05, 3.63) is 42.5 Å². The van der Waals surface area contributed by atoms with Crippen LogP contribution in [0.4, 0.5) is 5.82 Å². The van der Waals surface area contributed by atoms with Crippen LogP contribution in [0, 0.1) is 0 Å². The zero-order valence-corrected chi connectivity index (χ0v) is 12.8.